The van der Waals surface area contributed by atoms with Crippen molar-refractivity contribution in [1.82, 2.24) is 4.90 Å². The molecule has 1 unspecified atom stereocenters. The first-order valence-electron chi connectivity index (χ1n) is 8.02. The van der Waals surface area contributed by atoms with Crippen molar-refractivity contribution in [2.45, 2.75) is 13.0 Å². The van der Waals surface area contributed by atoms with E-state index in [9.17, 15) is 19.5 Å². The van der Waals surface area contributed by atoms with Crippen molar-refractivity contribution < 1.29 is 24.6 Å². The van der Waals surface area contributed by atoms with Crippen LogP contribution in [0.5, 0.6) is 0 Å². The van der Waals surface area contributed by atoms with Crippen LogP contribution in [0.25, 0.3) is 5.76 Å². The number of ketones is 1. The Kier molecular flexibility index (Phi) is 4.58. The Morgan fingerprint density at radius 3 is 2.19 bits per heavy atom. The Balaban J connectivity index is 2.18. The van der Waals surface area contributed by atoms with E-state index in [2.05, 4.69) is 0 Å². The fraction of sp³-hybridized carbons (Fsp3) is 0.150. The minimum absolute atomic E-state index is 0.105. The van der Waals surface area contributed by atoms with Crippen LogP contribution in [0.15, 0.2) is 60.2 Å². The second-order valence-corrected chi connectivity index (χ2v) is 6.10. The van der Waals surface area contributed by atoms with Gasteiger partial charge in [0.25, 0.3) is 11.7 Å². The molecule has 1 atom stereocenters. The van der Waals surface area contributed by atoms with Crippen molar-refractivity contribution in [2.75, 3.05) is 6.54 Å². The molecule has 0 radical (unpaired) electrons. The molecule has 6 nitrogen and oxygen atoms in total. The molecular formula is C20H17NO5. The maximum Gasteiger partial charge on any atom is 0.323 e. The van der Waals surface area contributed by atoms with Gasteiger partial charge in [-0.2, -0.15) is 0 Å². The fourth-order valence-electron chi connectivity index (χ4n) is 3.04. The summed E-state index contributed by atoms with van der Waals surface area (Å²) in [7, 11) is 0. The van der Waals surface area contributed by atoms with Crippen LogP contribution in [-0.2, 0) is 14.4 Å². The standard InChI is InChI=1S/C20H17NO5/c1-12-7-9-14(10-8-12)18(24)16-17(13-5-3-2-4-6-13)21(11-15(22)23)20(26)19(16)25/h2-10,17,24H,11H2,1H3,(H,22,23). The molecule has 2 N–H and O–H groups in total. The van der Waals surface area contributed by atoms with E-state index >= 15 is 0 Å². The number of carboxylic acid groups (broad SMARTS) is 1. The molecule has 0 aliphatic carbocycles. The summed E-state index contributed by atoms with van der Waals surface area (Å²) in [5.74, 6) is -3.37. The monoisotopic (exact) mass is 351 g/mol. The van der Waals surface area contributed by atoms with Gasteiger partial charge in [0, 0.05) is 5.56 Å². The van der Waals surface area contributed by atoms with Crippen LogP contribution >= 0.6 is 0 Å². The lowest BCUT2D eigenvalue weighted by molar-refractivity contribution is -0.146. The van der Waals surface area contributed by atoms with Crippen molar-refractivity contribution >= 4 is 23.4 Å². The number of carbonyl (C=O) groups is 3. The molecule has 3 rings (SSSR count). The molecule has 1 saturated heterocycles. The Hall–Kier alpha value is -3.41. The number of rotatable bonds is 4. The lowest BCUT2D eigenvalue weighted by atomic mass is 9.95. The van der Waals surface area contributed by atoms with E-state index in [0.717, 1.165) is 10.5 Å². The number of carbonyl (C=O) groups excluding carboxylic acids is 2. The summed E-state index contributed by atoms with van der Waals surface area (Å²) in [6, 6.07) is 14.5. The highest BCUT2D eigenvalue weighted by molar-refractivity contribution is 6.46. The van der Waals surface area contributed by atoms with Crippen LogP contribution < -0.4 is 0 Å². The van der Waals surface area contributed by atoms with E-state index in [1.165, 1.54) is 0 Å². The number of aryl methyl sites for hydroxylation is 1. The number of carboxylic acids is 1. The van der Waals surface area contributed by atoms with Gasteiger partial charge in [0.05, 0.1) is 11.6 Å². The second-order valence-electron chi connectivity index (χ2n) is 6.10. The highest BCUT2D eigenvalue weighted by atomic mass is 16.4. The number of hydrogen-bond acceptors (Lipinski definition) is 4. The average Bonchev–Trinajstić information content (AvgIpc) is 2.87. The van der Waals surface area contributed by atoms with Gasteiger partial charge < -0.3 is 15.1 Å². The molecule has 0 spiro atoms. The molecule has 26 heavy (non-hydrogen) atoms. The van der Waals surface area contributed by atoms with Gasteiger partial charge in [0.15, 0.2) is 0 Å². The molecule has 0 saturated carbocycles. The molecule has 1 aliphatic rings. The van der Waals surface area contributed by atoms with Gasteiger partial charge in [-0.05, 0) is 12.5 Å². The van der Waals surface area contributed by atoms with Crippen molar-refractivity contribution in [3.05, 3.63) is 76.9 Å². The fourth-order valence-corrected chi connectivity index (χ4v) is 3.04. The average molecular weight is 351 g/mol. The van der Waals surface area contributed by atoms with Crippen LogP contribution in [0, 0.1) is 6.92 Å². The third-order valence-corrected chi connectivity index (χ3v) is 4.29. The molecule has 1 fully saturated rings. The number of aliphatic hydroxyl groups excluding tert-OH is 1. The van der Waals surface area contributed by atoms with Gasteiger partial charge in [0.2, 0.25) is 0 Å². The zero-order valence-corrected chi connectivity index (χ0v) is 14.0. The van der Waals surface area contributed by atoms with E-state index in [4.69, 9.17) is 5.11 Å². The molecule has 1 amide bonds. The van der Waals surface area contributed by atoms with E-state index in [0.29, 0.717) is 11.1 Å². The minimum atomic E-state index is -1.23. The Morgan fingerprint density at radius 2 is 1.62 bits per heavy atom. The van der Waals surface area contributed by atoms with E-state index < -0.39 is 30.2 Å². The van der Waals surface area contributed by atoms with Crippen molar-refractivity contribution in [1.29, 1.82) is 0 Å². The predicted octanol–water partition coefficient (Wildman–Crippen LogP) is 2.50. The summed E-state index contributed by atoms with van der Waals surface area (Å²) < 4.78 is 0. The summed E-state index contributed by atoms with van der Waals surface area (Å²) in [4.78, 5) is 37.1. The van der Waals surface area contributed by atoms with Crippen LogP contribution in [0.1, 0.15) is 22.7 Å². The number of likely N-dealkylation sites (tertiary alicyclic amines) is 1. The summed E-state index contributed by atoms with van der Waals surface area (Å²) in [5, 5.41) is 19.8. The zero-order chi connectivity index (χ0) is 18.8. The van der Waals surface area contributed by atoms with Gasteiger partial charge in [-0.15, -0.1) is 0 Å². The number of hydrogen-bond donors (Lipinski definition) is 2. The molecule has 2 aromatic rings. The first kappa shape index (κ1) is 17.4. The van der Waals surface area contributed by atoms with Gasteiger partial charge in [-0.25, -0.2) is 0 Å². The molecular weight excluding hydrogens is 334 g/mol. The predicted molar refractivity (Wildman–Crippen MR) is 94.3 cm³/mol. The van der Waals surface area contributed by atoms with Gasteiger partial charge >= 0.3 is 5.97 Å². The third-order valence-electron chi connectivity index (χ3n) is 4.29. The molecule has 6 heteroatoms. The van der Waals surface area contributed by atoms with Gasteiger partial charge in [-0.1, -0.05) is 60.2 Å². The highest BCUT2D eigenvalue weighted by Gasteiger charge is 2.46. The lowest BCUT2D eigenvalue weighted by Crippen LogP contribution is -2.34. The quantitative estimate of drug-likeness (QED) is 0.501. The number of aliphatic carboxylic acids is 1. The van der Waals surface area contributed by atoms with E-state index in [-0.39, 0.29) is 11.3 Å². The van der Waals surface area contributed by atoms with Crippen LogP contribution in [0.3, 0.4) is 0 Å². The number of nitrogens with zero attached hydrogens (tertiary/aromatic N) is 1. The lowest BCUT2D eigenvalue weighted by Gasteiger charge is -2.23. The molecule has 0 aromatic heterocycles. The van der Waals surface area contributed by atoms with Crippen molar-refractivity contribution in [2.24, 2.45) is 0 Å². The van der Waals surface area contributed by atoms with E-state index in [1.54, 1.807) is 54.6 Å². The largest absolute Gasteiger partial charge is 0.507 e. The molecule has 2 aromatic carbocycles. The topological polar surface area (TPSA) is 94.9 Å². The maximum absolute atomic E-state index is 12.6. The first-order chi connectivity index (χ1) is 12.4. The highest BCUT2D eigenvalue weighted by Crippen LogP contribution is 2.39. The normalized spacial score (nSPS) is 19.0. The summed E-state index contributed by atoms with van der Waals surface area (Å²) in [6.45, 7) is 1.26. The van der Waals surface area contributed by atoms with Gasteiger partial charge in [0.1, 0.15) is 12.3 Å². The smallest absolute Gasteiger partial charge is 0.323 e. The Labute approximate surface area is 150 Å². The number of Topliss-reactive ketones (excluding diaryl/α,β-unsaturated/α-hetero) is 1. The van der Waals surface area contributed by atoms with Crippen molar-refractivity contribution in [3.63, 3.8) is 0 Å². The summed E-state index contributed by atoms with van der Waals surface area (Å²) in [5.41, 5.74) is 1.82. The third kappa shape index (κ3) is 3.09. The Bertz CT molecular complexity index is 900. The Morgan fingerprint density at radius 1 is 1.00 bits per heavy atom. The van der Waals surface area contributed by atoms with Crippen molar-refractivity contribution in [3.8, 4) is 0 Å². The zero-order valence-electron chi connectivity index (χ0n) is 14.0. The molecule has 0 bridgehead atoms. The summed E-state index contributed by atoms with van der Waals surface area (Å²) in [6.07, 6.45) is 0. The SMILES string of the molecule is Cc1ccc(C(O)=C2C(=O)C(=O)N(CC(=O)O)C2c2ccccc2)cc1. The minimum Gasteiger partial charge on any atom is -0.507 e. The summed E-state index contributed by atoms with van der Waals surface area (Å²) >= 11 is 0. The first-order valence-corrected chi connectivity index (χ1v) is 8.02. The van der Waals surface area contributed by atoms with Crippen LogP contribution in [0.4, 0.5) is 0 Å². The van der Waals surface area contributed by atoms with E-state index in [1.807, 2.05) is 6.92 Å². The number of benzene rings is 2. The molecule has 1 heterocycles. The maximum atomic E-state index is 12.6. The molecule has 132 valence electrons. The number of amides is 1. The molecule has 1 aliphatic heterocycles. The van der Waals surface area contributed by atoms with Crippen LogP contribution in [0.2, 0.25) is 0 Å². The van der Waals surface area contributed by atoms with Gasteiger partial charge in [-0.3, -0.25) is 14.4 Å². The van der Waals surface area contributed by atoms with Crippen LogP contribution in [-0.4, -0.2) is 39.3 Å². The number of aliphatic hydroxyl groups is 1. The second kappa shape index (κ2) is 6.84.